The van der Waals surface area contributed by atoms with Crippen molar-refractivity contribution in [3.05, 3.63) is 184 Å². The van der Waals surface area contributed by atoms with E-state index in [9.17, 15) is 53.1 Å². The molecule has 0 heterocycles. The Morgan fingerprint density at radius 2 is 0.984 bits per heavy atom. The van der Waals surface area contributed by atoms with Crippen LogP contribution in [0, 0.1) is 27.7 Å². The van der Waals surface area contributed by atoms with Crippen molar-refractivity contribution >= 4 is 71.2 Å². The molecule has 0 aliphatic heterocycles. The second kappa shape index (κ2) is 16.7. The number of anilines is 4. The molecule has 0 unspecified atom stereocenters. The number of benzene rings is 5. The van der Waals surface area contributed by atoms with Crippen LogP contribution in [0.15, 0.2) is 156 Å². The molecule has 10 nitrogen and oxygen atoms in total. The Morgan fingerprint density at radius 3 is 1.42 bits per heavy atom. The summed E-state index contributed by atoms with van der Waals surface area (Å²) >= 11 is 0. The van der Waals surface area contributed by atoms with Gasteiger partial charge in [-0.15, -0.1) is 0 Å². The van der Waals surface area contributed by atoms with Gasteiger partial charge < -0.3 is 10.0 Å². The topological polar surface area (TPSA) is 139 Å². The molecule has 64 heavy (non-hydrogen) atoms. The molecule has 2 aliphatic carbocycles. The van der Waals surface area contributed by atoms with E-state index in [4.69, 9.17) is 0 Å². The van der Waals surface area contributed by atoms with Gasteiger partial charge in [0.05, 0.1) is 11.4 Å². The first-order valence-electron chi connectivity index (χ1n) is 19.1. The van der Waals surface area contributed by atoms with E-state index >= 15 is 0 Å². The number of alkyl halides is 6. The van der Waals surface area contributed by atoms with Crippen molar-refractivity contribution in [1.82, 2.24) is 9.30 Å². The molecule has 0 saturated heterocycles. The smallest absolute Gasteiger partial charge is 0.516 e. The number of carbonyl (C=O) groups excluding carboxylic acids is 1. The van der Waals surface area contributed by atoms with Gasteiger partial charge in [-0.2, -0.15) is 47.8 Å². The van der Waals surface area contributed by atoms with Crippen molar-refractivity contribution in [1.29, 1.82) is 0 Å². The van der Waals surface area contributed by atoms with Gasteiger partial charge in [0.15, 0.2) is 5.78 Å². The molecule has 0 spiro atoms. The fourth-order valence-electron chi connectivity index (χ4n) is 6.91. The number of sulfonamides is 2. The maximum atomic E-state index is 14.1. The third kappa shape index (κ3) is 8.83. The monoisotopic (exact) mass is 918 g/mol. The van der Waals surface area contributed by atoms with Gasteiger partial charge in [0.1, 0.15) is 0 Å². The Hall–Kier alpha value is -6.92. The summed E-state index contributed by atoms with van der Waals surface area (Å²) in [5.74, 6) is -2.43. The van der Waals surface area contributed by atoms with Crippen LogP contribution in [0.4, 0.5) is 60.5 Å². The normalized spacial score (nSPS) is 15.8. The van der Waals surface area contributed by atoms with Crippen LogP contribution in [0.1, 0.15) is 27.8 Å². The molecule has 0 saturated carbocycles. The number of halogens is 6. The van der Waals surface area contributed by atoms with Crippen molar-refractivity contribution in [2.24, 2.45) is 0 Å². The van der Waals surface area contributed by atoms with E-state index in [0.29, 0.717) is 22.7 Å². The fourth-order valence-corrected chi connectivity index (χ4v) is 8.05. The predicted molar refractivity (Wildman–Crippen MR) is 232 cm³/mol. The van der Waals surface area contributed by atoms with Crippen LogP contribution in [0.3, 0.4) is 0 Å². The van der Waals surface area contributed by atoms with Gasteiger partial charge in [-0.3, -0.25) is 14.2 Å². The quantitative estimate of drug-likeness (QED) is 0.0809. The minimum absolute atomic E-state index is 0.103. The van der Waals surface area contributed by atoms with E-state index in [1.54, 1.807) is 107 Å². The predicted octanol–water partition coefficient (Wildman–Crippen LogP) is 9.47. The summed E-state index contributed by atoms with van der Waals surface area (Å²) < 4.78 is 139. The molecule has 5 aromatic rings. The van der Waals surface area contributed by atoms with Gasteiger partial charge in [-0.05, 0) is 70.2 Å². The second-order valence-electron chi connectivity index (χ2n) is 15.0. The van der Waals surface area contributed by atoms with Crippen LogP contribution >= 0.6 is 0 Å². The minimum atomic E-state index is -6.18. The Bertz CT molecular complexity index is 2990. The Morgan fingerprint density at radius 1 is 0.562 bits per heavy atom. The summed E-state index contributed by atoms with van der Waals surface area (Å²) in [6, 6.07) is 31.3. The number of allylic oxidation sites excluding steroid dienone is 5. The molecule has 330 valence electrons. The van der Waals surface area contributed by atoms with Gasteiger partial charge in [0, 0.05) is 75.8 Å². The molecule has 7 rings (SSSR count). The summed E-state index contributed by atoms with van der Waals surface area (Å²) in [6.07, 6.45) is 3.42. The van der Waals surface area contributed by atoms with Crippen LogP contribution in [-0.4, -0.2) is 39.3 Å². The largest absolute Gasteiger partial charge is 0.871 e. The summed E-state index contributed by atoms with van der Waals surface area (Å²) in [7, 11) is -12.4. The standard InChI is InChI=1S/C46H36F6N4O6S2/c1-27-5-13-31(14-6-27)55(32-15-7-28(2)8-16-32)35-21-23-37(39(25-35)53-63(59,60)45(47,48)49)41-43(57)42(44(41)58)38-24-22-36(26-40(38)54-64(61,62)46(50,51)52)56(33-17-9-29(3)10-18-33)34-19-11-30(4)12-20-34/h5-26H,1-4H3,(H2,53,54,57,58). The molecule has 0 radical (unpaired) electrons. The lowest BCUT2D eigenvalue weighted by atomic mass is 9.79. The fraction of sp³-hybridized carbons (Fsp3) is 0.130. The second-order valence-corrected chi connectivity index (χ2v) is 18.3. The van der Waals surface area contributed by atoms with E-state index in [-0.39, 0.29) is 11.4 Å². The Kier molecular flexibility index (Phi) is 11.7. The lowest BCUT2D eigenvalue weighted by molar-refractivity contribution is -0.297. The molecule has 2 N–H and O–H groups in total. The van der Waals surface area contributed by atoms with Crippen molar-refractivity contribution < 1.29 is 53.1 Å². The number of carbonyl (C=O) groups is 1. The lowest BCUT2D eigenvalue weighted by Crippen LogP contribution is -2.39. The summed E-state index contributed by atoms with van der Waals surface area (Å²) in [6.45, 7) is 7.34. The number of ketones is 1. The van der Waals surface area contributed by atoms with E-state index < -0.39 is 76.3 Å². The molecular formula is C46H36F6N4O6S2. The van der Waals surface area contributed by atoms with Crippen molar-refractivity contribution in [3.63, 3.8) is 0 Å². The number of aryl methyl sites for hydroxylation is 4. The summed E-state index contributed by atoms with van der Waals surface area (Å²) in [5.41, 5.74) is -10.4. The van der Waals surface area contributed by atoms with Gasteiger partial charge in [0.2, 0.25) is 17.1 Å². The van der Waals surface area contributed by atoms with E-state index in [0.717, 1.165) is 46.5 Å². The third-order valence-electron chi connectivity index (χ3n) is 10.2. The van der Waals surface area contributed by atoms with Crippen LogP contribution in [0.2, 0.25) is 0 Å². The highest BCUT2D eigenvalue weighted by Crippen LogP contribution is 2.45. The number of Topliss-reactive ketones (excluding diaryl/α,β-unsaturated/α-hetero) is 1. The van der Waals surface area contributed by atoms with Crippen LogP contribution in [0.25, 0.3) is 5.57 Å². The van der Waals surface area contributed by atoms with E-state index in [2.05, 4.69) is 0 Å². The van der Waals surface area contributed by atoms with Gasteiger partial charge >= 0.3 is 31.1 Å². The molecule has 18 heteroatoms. The average molecular weight is 919 g/mol. The number of nitrogens with zero attached hydrogens (tertiary/aromatic N) is 2. The highest BCUT2D eigenvalue weighted by atomic mass is 32.2. The number of rotatable bonds is 10. The van der Waals surface area contributed by atoms with Crippen molar-refractivity contribution in [2.75, 3.05) is 9.62 Å². The Balaban J connectivity index is 1.43. The van der Waals surface area contributed by atoms with Gasteiger partial charge in [0.25, 0.3) is 0 Å². The van der Waals surface area contributed by atoms with Crippen LogP contribution in [-0.2, 0) is 24.8 Å². The summed E-state index contributed by atoms with van der Waals surface area (Å²) in [4.78, 5) is 15.7. The van der Waals surface area contributed by atoms with Crippen molar-refractivity contribution in [2.45, 2.75) is 38.7 Å². The SMILES string of the molecule is Cc1ccc(N(c2ccc(C)cc2)c2ccc(C3=C([O-])/C(=C4/C=CC(=[N+](c5ccc(C)cc5)c5ccc(C)cc5)C=C4NS(=O)(=O)C(F)(F)F)C3=O)c(NS(=O)(=O)C(F)(F)F)c2)cc1. The van der Waals surface area contributed by atoms with Crippen LogP contribution < -0.4 is 24.0 Å². The average Bonchev–Trinajstić information content (AvgIpc) is 3.21. The highest BCUT2D eigenvalue weighted by Gasteiger charge is 2.48. The third-order valence-corrected chi connectivity index (χ3v) is 12.4. The molecule has 0 atom stereocenters. The molecule has 0 amide bonds. The van der Waals surface area contributed by atoms with E-state index in [1.165, 1.54) is 21.6 Å². The number of hydrogen-bond donors (Lipinski definition) is 2. The van der Waals surface area contributed by atoms with Gasteiger partial charge in [-0.1, -0.05) is 82.6 Å². The first-order chi connectivity index (χ1) is 30.0. The number of nitrogens with one attached hydrogen (secondary N) is 2. The highest BCUT2D eigenvalue weighted by molar-refractivity contribution is 7.93. The molecule has 2 aliphatic rings. The number of hydrogen-bond acceptors (Lipinski definition) is 7. The molecule has 0 fully saturated rings. The lowest BCUT2D eigenvalue weighted by Gasteiger charge is -2.35. The zero-order valence-electron chi connectivity index (χ0n) is 34.1. The van der Waals surface area contributed by atoms with Crippen LogP contribution in [0.5, 0.6) is 0 Å². The summed E-state index contributed by atoms with van der Waals surface area (Å²) in [5, 5.41) is 14.1. The Labute approximate surface area is 364 Å². The maximum Gasteiger partial charge on any atom is 0.516 e. The zero-order valence-corrected chi connectivity index (χ0v) is 35.8. The molecule has 0 aromatic heterocycles. The van der Waals surface area contributed by atoms with E-state index in [1.807, 2.05) is 27.7 Å². The molecule has 5 aromatic carbocycles. The van der Waals surface area contributed by atoms with Gasteiger partial charge in [-0.25, -0.2) is 0 Å². The minimum Gasteiger partial charge on any atom is -0.871 e. The molecular weight excluding hydrogens is 883 g/mol. The molecule has 0 bridgehead atoms. The first kappa shape index (κ1) is 45.1. The first-order valence-corrected chi connectivity index (χ1v) is 22.1. The van der Waals surface area contributed by atoms with Crippen molar-refractivity contribution in [3.8, 4) is 0 Å². The zero-order chi connectivity index (χ0) is 46.5. The maximum absolute atomic E-state index is 14.1.